The second-order valence-corrected chi connectivity index (χ2v) is 5.39. The first-order valence-corrected chi connectivity index (χ1v) is 7.09. The maximum atomic E-state index is 5.17. The Bertz CT molecular complexity index is 549. The quantitative estimate of drug-likeness (QED) is 0.829. The van der Waals surface area contributed by atoms with E-state index in [-0.39, 0.29) is 0 Å². The Morgan fingerprint density at radius 2 is 1.75 bits per heavy atom. The van der Waals surface area contributed by atoms with Crippen LogP contribution >= 0.6 is 0 Å². The lowest BCUT2D eigenvalue weighted by Gasteiger charge is -2.11. The van der Waals surface area contributed by atoms with Crippen molar-refractivity contribution in [2.24, 2.45) is 0 Å². The van der Waals surface area contributed by atoms with Crippen LogP contribution in [0.5, 0.6) is 0 Å². The minimum atomic E-state index is 0.557. The molecule has 0 saturated heterocycles. The maximum Gasteiger partial charge on any atom is 0.0713 e. The van der Waals surface area contributed by atoms with Crippen molar-refractivity contribution < 1.29 is 4.74 Å². The molecule has 0 saturated carbocycles. The Kier molecular flexibility index (Phi) is 5.19. The predicted octanol–water partition coefficient (Wildman–Crippen LogP) is 4.57. The number of benzene rings is 2. The summed E-state index contributed by atoms with van der Waals surface area (Å²) in [5.41, 5.74) is 5.02. The third-order valence-electron chi connectivity index (χ3n) is 3.35. The number of hydrogen-bond donors (Lipinski definition) is 1. The standard InChI is InChI=1S/C18H23NO/c1-14(2)17-8-5-9-18(11-17)19-12-15-6-4-7-16(10-15)13-20-3/h4-11,14,19H,12-13H2,1-3H3. The van der Waals surface area contributed by atoms with Gasteiger partial charge in [0.05, 0.1) is 6.61 Å². The van der Waals surface area contributed by atoms with E-state index in [1.165, 1.54) is 22.4 Å². The van der Waals surface area contributed by atoms with E-state index in [9.17, 15) is 0 Å². The van der Waals surface area contributed by atoms with Crippen LogP contribution in [-0.4, -0.2) is 7.11 Å². The predicted molar refractivity (Wildman–Crippen MR) is 85.0 cm³/mol. The van der Waals surface area contributed by atoms with E-state index in [0.29, 0.717) is 12.5 Å². The SMILES string of the molecule is COCc1cccc(CNc2cccc(C(C)C)c2)c1. The molecule has 2 rings (SSSR count). The number of methoxy groups -OCH3 is 1. The van der Waals surface area contributed by atoms with E-state index >= 15 is 0 Å². The Morgan fingerprint density at radius 3 is 2.50 bits per heavy atom. The average molecular weight is 269 g/mol. The summed E-state index contributed by atoms with van der Waals surface area (Å²) in [6, 6.07) is 17.1. The van der Waals surface area contributed by atoms with Gasteiger partial charge in [0.1, 0.15) is 0 Å². The van der Waals surface area contributed by atoms with Crippen LogP contribution in [0.3, 0.4) is 0 Å². The molecule has 0 radical (unpaired) electrons. The molecule has 0 aliphatic rings. The fourth-order valence-electron chi connectivity index (χ4n) is 2.21. The highest BCUT2D eigenvalue weighted by molar-refractivity contribution is 5.47. The largest absolute Gasteiger partial charge is 0.381 e. The molecule has 0 spiro atoms. The normalized spacial score (nSPS) is 10.8. The summed E-state index contributed by atoms with van der Waals surface area (Å²) in [4.78, 5) is 0. The van der Waals surface area contributed by atoms with Crippen LogP contribution in [0.1, 0.15) is 36.5 Å². The smallest absolute Gasteiger partial charge is 0.0713 e. The lowest BCUT2D eigenvalue weighted by atomic mass is 10.0. The van der Waals surface area contributed by atoms with Gasteiger partial charge in [0.25, 0.3) is 0 Å². The maximum absolute atomic E-state index is 5.17. The first-order chi connectivity index (χ1) is 9.69. The van der Waals surface area contributed by atoms with Gasteiger partial charge >= 0.3 is 0 Å². The van der Waals surface area contributed by atoms with Gasteiger partial charge in [0.15, 0.2) is 0 Å². The van der Waals surface area contributed by atoms with Gasteiger partial charge < -0.3 is 10.1 Å². The molecule has 2 heteroatoms. The van der Waals surface area contributed by atoms with Gasteiger partial charge in [0, 0.05) is 19.3 Å². The van der Waals surface area contributed by atoms with Crippen LogP contribution in [0, 0.1) is 0 Å². The van der Waals surface area contributed by atoms with Crippen LogP contribution in [0.4, 0.5) is 5.69 Å². The molecule has 0 aliphatic heterocycles. The second kappa shape index (κ2) is 7.11. The van der Waals surface area contributed by atoms with Crippen molar-refractivity contribution in [2.75, 3.05) is 12.4 Å². The summed E-state index contributed by atoms with van der Waals surface area (Å²) < 4.78 is 5.17. The highest BCUT2D eigenvalue weighted by Gasteiger charge is 2.01. The zero-order chi connectivity index (χ0) is 14.4. The lowest BCUT2D eigenvalue weighted by molar-refractivity contribution is 0.185. The number of rotatable bonds is 6. The van der Waals surface area contributed by atoms with Gasteiger partial charge in [-0.05, 0) is 34.7 Å². The van der Waals surface area contributed by atoms with E-state index in [2.05, 4.69) is 67.7 Å². The zero-order valence-corrected chi connectivity index (χ0v) is 12.5. The molecule has 0 unspecified atom stereocenters. The minimum absolute atomic E-state index is 0.557. The number of hydrogen-bond acceptors (Lipinski definition) is 2. The first kappa shape index (κ1) is 14.6. The van der Waals surface area contributed by atoms with Gasteiger partial charge in [-0.2, -0.15) is 0 Å². The molecule has 0 aliphatic carbocycles. The third-order valence-corrected chi connectivity index (χ3v) is 3.35. The first-order valence-electron chi connectivity index (χ1n) is 7.09. The monoisotopic (exact) mass is 269 g/mol. The van der Waals surface area contributed by atoms with Crippen molar-refractivity contribution in [1.29, 1.82) is 0 Å². The van der Waals surface area contributed by atoms with Gasteiger partial charge in [-0.3, -0.25) is 0 Å². The summed E-state index contributed by atoms with van der Waals surface area (Å²) in [7, 11) is 1.72. The summed E-state index contributed by atoms with van der Waals surface area (Å²) in [6.45, 7) is 5.93. The molecule has 0 aromatic heterocycles. The highest BCUT2D eigenvalue weighted by Crippen LogP contribution is 2.19. The van der Waals surface area contributed by atoms with Gasteiger partial charge in [-0.1, -0.05) is 50.2 Å². The Morgan fingerprint density at radius 1 is 1.00 bits per heavy atom. The van der Waals surface area contributed by atoms with E-state index < -0.39 is 0 Å². The molecule has 2 aromatic carbocycles. The van der Waals surface area contributed by atoms with E-state index in [0.717, 1.165) is 6.54 Å². The van der Waals surface area contributed by atoms with E-state index in [4.69, 9.17) is 4.74 Å². The molecule has 0 fully saturated rings. The molecule has 20 heavy (non-hydrogen) atoms. The molecule has 0 bridgehead atoms. The molecular weight excluding hydrogens is 246 g/mol. The van der Waals surface area contributed by atoms with Gasteiger partial charge in [0.2, 0.25) is 0 Å². The molecule has 0 atom stereocenters. The van der Waals surface area contributed by atoms with Crippen molar-refractivity contribution in [3.63, 3.8) is 0 Å². The van der Waals surface area contributed by atoms with Gasteiger partial charge in [-0.15, -0.1) is 0 Å². The average Bonchev–Trinajstić information content (AvgIpc) is 2.46. The fraction of sp³-hybridized carbons (Fsp3) is 0.333. The summed E-state index contributed by atoms with van der Waals surface area (Å²) in [5, 5.41) is 3.48. The zero-order valence-electron chi connectivity index (χ0n) is 12.5. The van der Waals surface area contributed by atoms with Crippen LogP contribution < -0.4 is 5.32 Å². The molecular formula is C18H23NO. The summed E-state index contributed by atoms with van der Waals surface area (Å²) in [6.07, 6.45) is 0. The molecule has 0 amide bonds. The fourth-order valence-corrected chi connectivity index (χ4v) is 2.21. The Labute approximate surface area is 121 Å². The minimum Gasteiger partial charge on any atom is -0.381 e. The number of ether oxygens (including phenoxy) is 1. The Balaban J connectivity index is 2.01. The van der Waals surface area contributed by atoms with Crippen LogP contribution in [0.25, 0.3) is 0 Å². The van der Waals surface area contributed by atoms with Crippen LogP contribution in [0.15, 0.2) is 48.5 Å². The van der Waals surface area contributed by atoms with Crippen molar-refractivity contribution in [3.8, 4) is 0 Å². The van der Waals surface area contributed by atoms with E-state index in [1.807, 2.05) is 0 Å². The molecule has 1 N–H and O–H groups in total. The van der Waals surface area contributed by atoms with Gasteiger partial charge in [-0.25, -0.2) is 0 Å². The number of anilines is 1. The third kappa shape index (κ3) is 4.10. The van der Waals surface area contributed by atoms with Crippen molar-refractivity contribution >= 4 is 5.69 Å². The lowest BCUT2D eigenvalue weighted by Crippen LogP contribution is -2.01. The molecule has 106 valence electrons. The molecule has 2 nitrogen and oxygen atoms in total. The van der Waals surface area contributed by atoms with Crippen LogP contribution in [-0.2, 0) is 17.9 Å². The second-order valence-electron chi connectivity index (χ2n) is 5.39. The van der Waals surface area contributed by atoms with Crippen molar-refractivity contribution in [2.45, 2.75) is 32.9 Å². The summed E-state index contributed by atoms with van der Waals surface area (Å²) >= 11 is 0. The van der Waals surface area contributed by atoms with E-state index in [1.54, 1.807) is 7.11 Å². The van der Waals surface area contributed by atoms with Crippen molar-refractivity contribution in [3.05, 3.63) is 65.2 Å². The highest BCUT2D eigenvalue weighted by atomic mass is 16.5. The molecule has 2 aromatic rings. The summed E-state index contributed by atoms with van der Waals surface area (Å²) in [5.74, 6) is 0.557. The topological polar surface area (TPSA) is 21.3 Å². The Hall–Kier alpha value is -1.80. The number of nitrogens with one attached hydrogen (secondary N) is 1. The van der Waals surface area contributed by atoms with Crippen molar-refractivity contribution in [1.82, 2.24) is 0 Å². The molecule has 0 heterocycles. The van der Waals surface area contributed by atoms with Crippen LogP contribution in [0.2, 0.25) is 0 Å².